The summed E-state index contributed by atoms with van der Waals surface area (Å²) in [4.78, 5) is 11.1. The van der Waals surface area contributed by atoms with Gasteiger partial charge in [-0.3, -0.25) is 0 Å². The SMILES string of the molecule is CCc1c(NC)ncnc1N(CCOC)C(C)CC. The highest BCUT2D eigenvalue weighted by Crippen LogP contribution is 2.25. The van der Waals surface area contributed by atoms with Crippen LogP contribution in [0.1, 0.15) is 32.8 Å². The lowest BCUT2D eigenvalue weighted by molar-refractivity contribution is 0.203. The summed E-state index contributed by atoms with van der Waals surface area (Å²) < 4.78 is 5.22. The lowest BCUT2D eigenvalue weighted by Gasteiger charge is -2.31. The van der Waals surface area contributed by atoms with Crippen molar-refractivity contribution in [1.82, 2.24) is 9.97 Å². The summed E-state index contributed by atoms with van der Waals surface area (Å²) >= 11 is 0. The minimum atomic E-state index is 0.431. The zero-order valence-electron chi connectivity index (χ0n) is 12.7. The van der Waals surface area contributed by atoms with Crippen molar-refractivity contribution < 1.29 is 4.74 Å². The Morgan fingerprint density at radius 3 is 2.63 bits per heavy atom. The van der Waals surface area contributed by atoms with Crippen molar-refractivity contribution in [1.29, 1.82) is 0 Å². The summed E-state index contributed by atoms with van der Waals surface area (Å²) in [5, 5.41) is 3.15. The van der Waals surface area contributed by atoms with Gasteiger partial charge in [0.05, 0.1) is 6.61 Å². The summed E-state index contributed by atoms with van der Waals surface area (Å²) in [5.41, 5.74) is 1.17. The van der Waals surface area contributed by atoms with E-state index in [0.29, 0.717) is 12.6 Å². The van der Waals surface area contributed by atoms with Crippen molar-refractivity contribution in [3.63, 3.8) is 0 Å². The van der Waals surface area contributed by atoms with Gasteiger partial charge in [-0.2, -0.15) is 0 Å². The molecule has 0 amide bonds. The Balaban J connectivity index is 3.13. The number of nitrogens with zero attached hydrogens (tertiary/aromatic N) is 3. The van der Waals surface area contributed by atoms with Crippen molar-refractivity contribution in [2.45, 2.75) is 39.7 Å². The molecule has 0 aliphatic rings. The number of nitrogens with one attached hydrogen (secondary N) is 1. The molecule has 19 heavy (non-hydrogen) atoms. The minimum absolute atomic E-state index is 0.431. The third-order valence-corrected chi connectivity index (χ3v) is 3.44. The van der Waals surface area contributed by atoms with Crippen molar-refractivity contribution in [2.75, 3.05) is 37.5 Å². The predicted octanol–water partition coefficient (Wildman–Crippen LogP) is 2.33. The van der Waals surface area contributed by atoms with Gasteiger partial charge in [-0.1, -0.05) is 13.8 Å². The maximum absolute atomic E-state index is 5.22. The summed E-state index contributed by atoms with van der Waals surface area (Å²) in [6, 6.07) is 0.431. The van der Waals surface area contributed by atoms with E-state index in [0.717, 1.165) is 31.0 Å². The van der Waals surface area contributed by atoms with Crippen LogP contribution < -0.4 is 10.2 Å². The molecule has 0 fully saturated rings. The highest BCUT2D eigenvalue weighted by atomic mass is 16.5. The summed E-state index contributed by atoms with van der Waals surface area (Å²) in [6.07, 6.45) is 3.61. The lowest BCUT2D eigenvalue weighted by Crippen LogP contribution is -2.37. The molecule has 5 nitrogen and oxygen atoms in total. The van der Waals surface area contributed by atoms with Crippen LogP contribution in [0.25, 0.3) is 0 Å². The van der Waals surface area contributed by atoms with E-state index in [-0.39, 0.29) is 0 Å². The minimum Gasteiger partial charge on any atom is -0.383 e. The fourth-order valence-electron chi connectivity index (χ4n) is 2.14. The Kier molecular flexibility index (Phi) is 6.56. The van der Waals surface area contributed by atoms with Gasteiger partial charge in [0.15, 0.2) is 0 Å². The molecular weight excluding hydrogens is 240 g/mol. The normalized spacial score (nSPS) is 12.3. The monoisotopic (exact) mass is 266 g/mol. The summed E-state index contributed by atoms with van der Waals surface area (Å²) in [7, 11) is 3.63. The van der Waals surface area contributed by atoms with E-state index in [4.69, 9.17) is 4.74 Å². The second kappa shape index (κ2) is 7.94. The number of hydrogen-bond acceptors (Lipinski definition) is 5. The first-order valence-electron chi connectivity index (χ1n) is 6.96. The molecule has 1 atom stereocenters. The van der Waals surface area contributed by atoms with E-state index < -0.39 is 0 Å². The first kappa shape index (κ1) is 15.7. The molecule has 0 aliphatic carbocycles. The Hall–Kier alpha value is -1.36. The molecule has 1 heterocycles. The fraction of sp³-hybridized carbons (Fsp3) is 0.714. The number of hydrogen-bond donors (Lipinski definition) is 1. The van der Waals surface area contributed by atoms with Crippen LogP contribution in [0, 0.1) is 0 Å². The molecule has 5 heteroatoms. The largest absolute Gasteiger partial charge is 0.383 e. The van der Waals surface area contributed by atoms with Crippen molar-refractivity contribution in [3.8, 4) is 0 Å². The smallest absolute Gasteiger partial charge is 0.137 e. The van der Waals surface area contributed by atoms with Gasteiger partial charge in [0.1, 0.15) is 18.0 Å². The molecule has 1 unspecified atom stereocenters. The van der Waals surface area contributed by atoms with E-state index in [1.807, 2.05) is 7.05 Å². The first-order chi connectivity index (χ1) is 9.19. The Morgan fingerprint density at radius 1 is 1.37 bits per heavy atom. The van der Waals surface area contributed by atoms with Crippen LogP contribution in [0.3, 0.4) is 0 Å². The fourth-order valence-corrected chi connectivity index (χ4v) is 2.14. The van der Waals surface area contributed by atoms with Crippen molar-refractivity contribution in [3.05, 3.63) is 11.9 Å². The molecule has 0 spiro atoms. The van der Waals surface area contributed by atoms with Gasteiger partial charge in [0.2, 0.25) is 0 Å². The summed E-state index contributed by atoms with van der Waals surface area (Å²) in [6.45, 7) is 8.09. The van der Waals surface area contributed by atoms with Gasteiger partial charge in [-0.25, -0.2) is 9.97 Å². The van der Waals surface area contributed by atoms with Crippen LogP contribution in [0.4, 0.5) is 11.6 Å². The Labute approximate surface area is 116 Å². The van der Waals surface area contributed by atoms with Crippen LogP contribution in [0.15, 0.2) is 6.33 Å². The molecule has 1 aromatic heterocycles. The van der Waals surface area contributed by atoms with E-state index in [1.54, 1.807) is 13.4 Å². The van der Waals surface area contributed by atoms with Crippen LogP contribution in [-0.2, 0) is 11.2 Å². The molecule has 108 valence electrons. The standard InChI is InChI=1S/C14H26N4O/c1-6-11(3)18(8-9-19-5)14-12(7-2)13(15-4)16-10-17-14/h10-11H,6-9H2,1-5H3,(H,15,16,17). The van der Waals surface area contributed by atoms with E-state index in [1.165, 1.54) is 5.56 Å². The molecule has 1 N–H and O–H groups in total. The molecular formula is C14H26N4O. The molecule has 0 bridgehead atoms. The molecule has 0 aliphatic heterocycles. The number of anilines is 2. The maximum atomic E-state index is 5.22. The number of methoxy groups -OCH3 is 1. The van der Waals surface area contributed by atoms with Crippen LogP contribution in [0.2, 0.25) is 0 Å². The predicted molar refractivity (Wildman–Crippen MR) is 79.9 cm³/mol. The van der Waals surface area contributed by atoms with Gasteiger partial charge < -0.3 is 15.0 Å². The van der Waals surface area contributed by atoms with Crippen LogP contribution in [0.5, 0.6) is 0 Å². The Morgan fingerprint density at radius 2 is 2.11 bits per heavy atom. The van der Waals surface area contributed by atoms with Gasteiger partial charge in [-0.05, 0) is 19.8 Å². The summed E-state index contributed by atoms with van der Waals surface area (Å²) in [5.74, 6) is 1.94. The number of rotatable bonds is 8. The molecule has 0 saturated carbocycles. The zero-order valence-corrected chi connectivity index (χ0v) is 12.7. The maximum Gasteiger partial charge on any atom is 0.137 e. The molecule has 0 saturated heterocycles. The molecule has 1 rings (SSSR count). The van der Waals surface area contributed by atoms with Crippen molar-refractivity contribution in [2.24, 2.45) is 0 Å². The number of ether oxygens (including phenoxy) is 1. The van der Waals surface area contributed by atoms with Crippen molar-refractivity contribution >= 4 is 11.6 Å². The number of aromatic nitrogens is 2. The van der Waals surface area contributed by atoms with E-state index in [9.17, 15) is 0 Å². The van der Waals surface area contributed by atoms with E-state index in [2.05, 4.69) is 41.0 Å². The van der Waals surface area contributed by atoms with E-state index >= 15 is 0 Å². The topological polar surface area (TPSA) is 50.3 Å². The Bertz CT molecular complexity index is 384. The van der Waals surface area contributed by atoms with Gasteiger partial charge in [-0.15, -0.1) is 0 Å². The van der Waals surface area contributed by atoms with Crippen LogP contribution in [-0.4, -0.2) is 43.3 Å². The molecule has 1 aromatic rings. The second-order valence-electron chi connectivity index (χ2n) is 4.57. The van der Waals surface area contributed by atoms with Gasteiger partial charge in [0.25, 0.3) is 0 Å². The highest BCUT2D eigenvalue weighted by Gasteiger charge is 2.19. The van der Waals surface area contributed by atoms with Gasteiger partial charge in [0, 0.05) is 32.3 Å². The lowest BCUT2D eigenvalue weighted by atomic mass is 10.1. The first-order valence-corrected chi connectivity index (χ1v) is 6.96. The molecule has 0 aromatic carbocycles. The third kappa shape index (κ3) is 3.80. The average molecular weight is 266 g/mol. The molecule has 0 radical (unpaired) electrons. The highest BCUT2D eigenvalue weighted by molar-refractivity contribution is 5.59. The zero-order chi connectivity index (χ0) is 14.3. The second-order valence-corrected chi connectivity index (χ2v) is 4.57. The van der Waals surface area contributed by atoms with Crippen LogP contribution >= 0.6 is 0 Å². The third-order valence-electron chi connectivity index (χ3n) is 3.44. The average Bonchev–Trinajstić information content (AvgIpc) is 2.46. The quantitative estimate of drug-likeness (QED) is 0.782. The van der Waals surface area contributed by atoms with Gasteiger partial charge >= 0.3 is 0 Å².